The summed E-state index contributed by atoms with van der Waals surface area (Å²) in [4.78, 5) is 24.0. The summed E-state index contributed by atoms with van der Waals surface area (Å²) < 4.78 is 10.2. The molecule has 2 rings (SSSR count). The van der Waals surface area contributed by atoms with Crippen LogP contribution in [-0.2, 0) is 4.79 Å². The summed E-state index contributed by atoms with van der Waals surface area (Å²) in [5.74, 6) is -0.0477. The van der Waals surface area contributed by atoms with E-state index in [4.69, 9.17) is 32.7 Å². The predicted octanol–water partition coefficient (Wildman–Crippen LogP) is 2.89. The van der Waals surface area contributed by atoms with Gasteiger partial charge in [-0.05, 0) is 24.3 Å². The van der Waals surface area contributed by atoms with Gasteiger partial charge in [-0.25, -0.2) is 5.43 Å². The summed E-state index contributed by atoms with van der Waals surface area (Å²) in [6, 6.07) is 9.71. The molecule has 27 heavy (non-hydrogen) atoms. The number of carbonyl (C=O) groups excluding carboxylic acids is 2. The van der Waals surface area contributed by atoms with Gasteiger partial charge in [0.15, 0.2) is 0 Å². The van der Waals surface area contributed by atoms with Crippen LogP contribution in [0.5, 0.6) is 11.5 Å². The summed E-state index contributed by atoms with van der Waals surface area (Å²) in [5, 5.41) is 7.08. The lowest BCUT2D eigenvalue weighted by Gasteiger charge is -2.09. The second-order valence-corrected chi connectivity index (χ2v) is 6.03. The van der Waals surface area contributed by atoms with Crippen LogP contribution in [0.15, 0.2) is 41.5 Å². The fraction of sp³-hybridized carbons (Fsp3) is 0.167. The Kier molecular flexibility index (Phi) is 7.45. The van der Waals surface area contributed by atoms with Gasteiger partial charge in [-0.1, -0.05) is 29.3 Å². The monoisotopic (exact) mass is 409 g/mol. The molecule has 0 aliphatic rings. The number of amides is 2. The zero-order valence-electron chi connectivity index (χ0n) is 14.6. The molecule has 7 nitrogen and oxygen atoms in total. The van der Waals surface area contributed by atoms with E-state index in [9.17, 15) is 9.59 Å². The molecule has 0 saturated heterocycles. The molecule has 0 spiro atoms. The normalized spacial score (nSPS) is 10.5. The molecule has 0 aliphatic carbocycles. The molecule has 2 N–H and O–H groups in total. The van der Waals surface area contributed by atoms with Crippen LogP contribution in [0.2, 0.25) is 10.0 Å². The van der Waals surface area contributed by atoms with E-state index in [-0.39, 0.29) is 6.54 Å². The van der Waals surface area contributed by atoms with Gasteiger partial charge < -0.3 is 14.8 Å². The highest BCUT2D eigenvalue weighted by Gasteiger charge is 2.11. The van der Waals surface area contributed by atoms with Crippen molar-refractivity contribution in [3.8, 4) is 11.5 Å². The maximum Gasteiger partial charge on any atom is 0.259 e. The maximum absolute atomic E-state index is 12.2. The van der Waals surface area contributed by atoms with Gasteiger partial charge in [0.2, 0.25) is 0 Å². The lowest BCUT2D eigenvalue weighted by molar-refractivity contribution is -0.120. The zero-order chi connectivity index (χ0) is 19.8. The fourth-order valence-electron chi connectivity index (χ4n) is 2.04. The lowest BCUT2D eigenvalue weighted by atomic mass is 10.2. The van der Waals surface area contributed by atoms with Gasteiger partial charge in [-0.2, -0.15) is 5.10 Å². The van der Waals surface area contributed by atoms with Crippen molar-refractivity contribution in [3.63, 3.8) is 0 Å². The van der Waals surface area contributed by atoms with Crippen LogP contribution in [0, 0.1) is 0 Å². The fourth-order valence-corrected chi connectivity index (χ4v) is 2.54. The Hall–Kier alpha value is -2.77. The van der Waals surface area contributed by atoms with Crippen molar-refractivity contribution in [2.24, 2.45) is 5.10 Å². The number of hydrogen-bond acceptors (Lipinski definition) is 5. The van der Waals surface area contributed by atoms with Crippen LogP contribution < -0.4 is 20.2 Å². The minimum atomic E-state index is -0.516. The largest absolute Gasteiger partial charge is 0.497 e. The Balaban J connectivity index is 1.92. The summed E-state index contributed by atoms with van der Waals surface area (Å²) in [6.45, 7) is -0.272. The van der Waals surface area contributed by atoms with Crippen molar-refractivity contribution < 1.29 is 19.1 Å². The highest BCUT2D eigenvalue weighted by molar-refractivity contribution is 6.38. The lowest BCUT2D eigenvalue weighted by Crippen LogP contribution is -2.34. The van der Waals surface area contributed by atoms with Crippen LogP contribution in [0.25, 0.3) is 0 Å². The minimum Gasteiger partial charge on any atom is -0.497 e. The molecule has 0 atom stereocenters. The van der Waals surface area contributed by atoms with Crippen molar-refractivity contribution >= 4 is 41.2 Å². The van der Waals surface area contributed by atoms with E-state index >= 15 is 0 Å². The van der Waals surface area contributed by atoms with Gasteiger partial charge in [0, 0.05) is 17.2 Å². The highest BCUT2D eigenvalue weighted by Crippen LogP contribution is 2.23. The number of hydrazone groups is 1. The molecule has 2 aromatic carbocycles. The van der Waals surface area contributed by atoms with E-state index in [0.29, 0.717) is 32.7 Å². The van der Waals surface area contributed by atoms with E-state index < -0.39 is 11.8 Å². The molecular weight excluding hydrogens is 393 g/mol. The first-order chi connectivity index (χ1) is 12.9. The second kappa shape index (κ2) is 9.80. The van der Waals surface area contributed by atoms with Crippen LogP contribution in [0.3, 0.4) is 0 Å². The molecule has 0 heterocycles. The maximum atomic E-state index is 12.2. The van der Waals surface area contributed by atoms with Gasteiger partial charge in [-0.3, -0.25) is 9.59 Å². The summed E-state index contributed by atoms with van der Waals surface area (Å²) in [5.41, 5.74) is 3.06. The Morgan fingerprint density at radius 2 is 1.67 bits per heavy atom. The molecule has 0 saturated carbocycles. The van der Waals surface area contributed by atoms with E-state index in [1.165, 1.54) is 32.6 Å². The van der Waals surface area contributed by atoms with Gasteiger partial charge in [0.1, 0.15) is 11.5 Å². The molecule has 9 heteroatoms. The number of nitrogens with one attached hydrogen (secondary N) is 2. The molecular formula is C18H17Cl2N3O4. The van der Waals surface area contributed by atoms with E-state index in [1.54, 1.807) is 24.3 Å². The van der Waals surface area contributed by atoms with Crippen molar-refractivity contribution in [2.75, 3.05) is 20.8 Å². The summed E-state index contributed by atoms with van der Waals surface area (Å²) >= 11 is 12.0. The zero-order valence-corrected chi connectivity index (χ0v) is 16.1. The number of halogens is 2. The Morgan fingerprint density at radius 3 is 2.22 bits per heavy atom. The van der Waals surface area contributed by atoms with Crippen molar-refractivity contribution in [1.29, 1.82) is 0 Å². The highest BCUT2D eigenvalue weighted by atomic mass is 35.5. The number of carbonyl (C=O) groups is 2. The minimum absolute atomic E-state index is 0.272. The number of hydrogen-bond donors (Lipinski definition) is 2. The van der Waals surface area contributed by atoms with E-state index in [0.717, 1.165) is 0 Å². The Labute approximate surface area is 166 Å². The third kappa shape index (κ3) is 5.87. The SMILES string of the molecule is COc1cc(OC)cc(C(=O)NCC(=O)N/N=C\c2c(Cl)cccc2Cl)c1. The molecule has 2 aromatic rings. The average molecular weight is 410 g/mol. The molecule has 0 aromatic heterocycles. The van der Waals surface area contributed by atoms with Crippen molar-refractivity contribution in [3.05, 3.63) is 57.6 Å². The smallest absolute Gasteiger partial charge is 0.259 e. The Morgan fingerprint density at radius 1 is 1.07 bits per heavy atom. The number of benzene rings is 2. The first-order valence-electron chi connectivity index (χ1n) is 7.71. The number of methoxy groups -OCH3 is 2. The van der Waals surface area contributed by atoms with E-state index in [1.807, 2.05) is 0 Å². The van der Waals surface area contributed by atoms with Crippen LogP contribution in [0.1, 0.15) is 15.9 Å². The average Bonchev–Trinajstić information content (AvgIpc) is 2.67. The first-order valence-corrected chi connectivity index (χ1v) is 8.47. The molecule has 0 unspecified atom stereocenters. The van der Waals surface area contributed by atoms with Gasteiger partial charge >= 0.3 is 0 Å². The molecule has 142 valence electrons. The van der Waals surface area contributed by atoms with Crippen molar-refractivity contribution in [2.45, 2.75) is 0 Å². The van der Waals surface area contributed by atoms with Crippen molar-refractivity contribution in [1.82, 2.24) is 10.7 Å². The standard InChI is InChI=1S/C18H17Cl2N3O4/c1-26-12-6-11(7-13(8-12)27-2)18(25)21-10-17(24)23-22-9-14-15(19)4-3-5-16(14)20/h3-9H,10H2,1-2H3,(H,21,25)(H,23,24)/b22-9-. The first kappa shape index (κ1) is 20.5. The second-order valence-electron chi connectivity index (χ2n) is 5.21. The number of ether oxygens (including phenoxy) is 2. The Bertz CT molecular complexity index is 829. The summed E-state index contributed by atoms with van der Waals surface area (Å²) in [6.07, 6.45) is 1.33. The van der Waals surface area contributed by atoms with Crippen LogP contribution in [-0.4, -0.2) is 38.8 Å². The van der Waals surface area contributed by atoms with Crippen LogP contribution in [0.4, 0.5) is 0 Å². The van der Waals surface area contributed by atoms with Gasteiger partial charge in [-0.15, -0.1) is 0 Å². The summed E-state index contributed by atoms with van der Waals surface area (Å²) in [7, 11) is 2.96. The quantitative estimate of drug-likeness (QED) is 0.543. The third-order valence-electron chi connectivity index (χ3n) is 3.41. The molecule has 0 fully saturated rings. The van der Waals surface area contributed by atoms with E-state index in [2.05, 4.69) is 15.8 Å². The molecule has 0 bridgehead atoms. The predicted molar refractivity (Wildman–Crippen MR) is 104 cm³/mol. The third-order valence-corrected chi connectivity index (χ3v) is 4.06. The van der Waals surface area contributed by atoms with Gasteiger partial charge in [0.25, 0.3) is 11.8 Å². The molecule has 2 amide bonds. The molecule has 0 radical (unpaired) electrons. The molecule has 0 aliphatic heterocycles. The number of nitrogens with zero attached hydrogens (tertiary/aromatic N) is 1. The number of rotatable bonds is 7. The topological polar surface area (TPSA) is 89.0 Å². The van der Waals surface area contributed by atoms with Crippen LogP contribution >= 0.6 is 23.2 Å². The van der Waals surface area contributed by atoms with Gasteiger partial charge in [0.05, 0.1) is 37.0 Å².